The Balaban J connectivity index is 2.53. The monoisotopic (exact) mass is 304 g/mol. The van der Waals surface area contributed by atoms with Crippen molar-refractivity contribution in [3.05, 3.63) is 0 Å². The van der Waals surface area contributed by atoms with Crippen molar-refractivity contribution in [3.8, 4) is 0 Å². The first-order chi connectivity index (χ1) is 7.44. The molecule has 0 N–H and O–H groups in total. The lowest BCUT2D eigenvalue weighted by Gasteiger charge is -2.30. The molecule has 0 amide bonds. The lowest BCUT2D eigenvalue weighted by atomic mass is 9.81. The van der Waals surface area contributed by atoms with E-state index in [0.717, 1.165) is 0 Å². The average molecular weight is 305 g/mol. The molecule has 2 unspecified atom stereocenters. The van der Waals surface area contributed by atoms with Gasteiger partial charge in [-0.3, -0.25) is 0 Å². The molecule has 1 heterocycles. The van der Waals surface area contributed by atoms with Crippen molar-refractivity contribution in [2.45, 2.75) is 83.8 Å². The zero-order valence-corrected chi connectivity index (χ0v) is 14.1. The third-order valence-electron chi connectivity index (χ3n) is 3.97. The topological polar surface area (TPSA) is 9.23 Å². The smallest absolute Gasteiger partial charge is 0.0662 e. The van der Waals surface area contributed by atoms with Crippen LogP contribution in [0.4, 0.5) is 0 Å². The van der Waals surface area contributed by atoms with Gasteiger partial charge in [0, 0.05) is 4.83 Å². The standard InChI is InChI=1S/C15H29BrO/c1-13(2,3)12(16)9-8-11-10-14(4,5)17-15(11,6)7/h11-12H,8-10H2,1-7H3. The second kappa shape index (κ2) is 4.85. The molecule has 1 fully saturated rings. The van der Waals surface area contributed by atoms with Crippen LogP contribution >= 0.6 is 15.9 Å². The summed E-state index contributed by atoms with van der Waals surface area (Å²) in [5.74, 6) is 0.680. The first kappa shape index (κ1) is 15.5. The van der Waals surface area contributed by atoms with Crippen LogP contribution in [-0.4, -0.2) is 16.0 Å². The average Bonchev–Trinajstić information content (AvgIpc) is 2.28. The van der Waals surface area contributed by atoms with Gasteiger partial charge >= 0.3 is 0 Å². The highest BCUT2D eigenvalue weighted by Gasteiger charge is 2.45. The molecule has 1 saturated heterocycles. The Hall–Kier alpha value is 0.440. The van der Waals surface area contributed by atoms with Gasteiger partial charge in [-0.1, -0.05) is 36.7 Å². The van der Waals surface area contributed by atoms with Gasteiger partial charge in [-0.05, 0) is 58.3 Å². The number of hydrogen-bond donors (Lipinski definition) is 0. The van der Waals surface area contributed by atoms with Gasteiger partial charge in [-0.2, -0.15) is 0 Å². The highest BCUT2D eigenvalue weighted by molar-refractivity contribution is 9.09. The zero-order valence-electron chi connectivity index (χ0n) is 12.6. The summed E-state index contributed by atoms with van der Waals surface area (Å²) in [5.41, 5.74) is 0.435. The summed E-state index contributed by atoms with van der Waals surface area (Å²) in [5, 5.41) is 0. The van der Waals surface area contributed by atoms with E-state index >= 15 is 0 Å². The van der Waals surface area contributed by atoms with Crippen molar-refractivity contribution in [1.29, 1.82) is 0 Å². The van der Waals surface area contributed by atoms with Crippen LogP contribution in [0.2, 0.25) is 0 Å². The summed E-state index contributed by atoms with van der Waals surface area (Å²) in [7, 11) is 0. The van der Waals surface area contributed by atoms with Gasteiger partial charge in [0.25, 0.3) is 0 Å². The minimum absolute atomic E-state index is 0.0358. The largest absolute Gasteiger partial charge is 0.369 e. The van der Waals surface area contributed by atoms with E-state index in [2.05, 4.69) is 64.4 Å². The molecule has 1 nitrogen and oxygen atoms in total. The first-order valence-electron chi connectivity index (χ1n) is 6.78. The van der Waals surface area contributed by atoms with E-state index in [0.29, 0.717) is 16.2 Å². The summed E-state index contributed by atoms with van der Waals surface area (Å²) < 4.78 is 6.15. The third-order valence-corrected chi connectivity index (χ3v) is 5.80. The quantitative estimate of drug-likeness (QED) is 0.654. The number of alkyl halides is 1. The molecule has 0 aliphatic carbocycles. The fourth-order valence-electron chi connectivity index (χ4n) is 2.91. The fourth-order valence-corrected chi connectivity index (χ4v) is 3.17. The molecule has 2 atom stereocenters. The SMILES string of the molecule is CC1(C)CC(CCC(Br)C(C)(C)C)C(C)(C)O1. The number of halogens is 1. The third kappa shape index (κ3) is 4.24. The minimum atomic E-state index is 0.0358. The molecule has 1 rings (SSSR count). The maximum Gasteiger partial charge on any atom is 0.0662 e. The summed E-state index contributed by atoms with van der Waals surface area (Å²) in [4.78, 5) is 0.592. The molecular formula is C15H29BrO. The van der Waals surface area contributed by atoms with Crippen molar-refractivity contribution in [1.82, 2.24) is 0 Å². The Morgan fingerprint density at radius 2 is 1.76 bits per heavy atom. The molecule has 17 heavy (non-hydrogen) atoms. The van der Waals surface area contributed by atoms with E-state index in [1.54, 1.807) is 0 Å². The number of hydrogen-bond acceptors (Lipinski definition) is 1. The van der Waals surface area contributed by atoms with Crippen LogP contribution in [0.5, 0.6) is 0 Å². The van der Waals surface area contributed by atoms with Gasteiger partial charge in [0.05, 0.1) is 11.2 Å². The van der Waals surface area contributed by atoms with Gasteiger partial charge in [0.2, 0.25) is 0 Å². The minimum Gasteiger partial charge on any atom is -0.369 e. The van der Waals surface area contributed by atoms with Crippen LogP contribution in [-0.2, 0) is 4.74 Å². The van der Waals surface area contributed by atoms with Crippen LogP contribution in [0.1, 0.15) is 67.7 Å². The first-order valence-corrected chi connectivity index (χ1v) is 7.70. The van der Waals surface area contributed by atoms with Gasteiger partial charge in [0.1, 0.15) is 0 Å². The summed E-state index contributed by atoms with van der Waals surface area (Å²) >= 11 is 3.83. The van der Waals surface area contributed by atoms with Gasteiger partial charge < -0.3 is 4.74 Å². The van der Waals surface area contributed by atoms with Gasteiger partial charge in [-0.15, -0.1) is 0 Å². The van der Waals surface area contributed by atoms with E-state index in [-0.39, 0.29) is 11.2 Å². The molecule has 0 aromatic carbocycles. The zero-order chi connectivity index (χ0) is 13.5. The fraction of sp³-hybridized carbons (Fsp3) is 1.00. The molecule has 0 saturated carbocycles. The predicted octanol–water partition coefficient (Wildman–Crippen LogP) is 5.17. The summed E-state index contributed by atoms with van der Waals surface area (Å²) in [6.07, 6.45) is 3.67. The normalized spacial score (nSPS) is 29.3. The second-order valence-corrected chi connectivity index (χ2v) is 8.88. The Morgan fingerprint density at radius 3 is 2.12 bits per heavy atom. The van der Waals surface area contributed by atoms with Crippen molar-refractivity contribution in [3.63, 3.8) is 0 Å². The van der Waals surface area contributed by atoms with Crippen LogP contribution in [0.25, 0.3) is 0 Å². The maximum atomic E-state index is 6.15. The van der Waals surface area contributed by atoms with Gasteiger partial charge in [-0.25, -0.2) is 0 Å². The lowest BCUT2D eigenvalue weighted by Crippen LogP contribution is -2.30. The molecule has 102 valence electrons. The van der Waals surface area contributed by atoms with E-state index < -0.39 is 0 Å². The van der Waals surface area contributed by atoms with Gasteiger partial charge in [0.15, 0.2) is 0 Å². The summed E-state index contributed by atoms with van der Waals surface area (Å²) in [6.45, 7) is 15.8. The second-order valence-electron chi connectivity index (χ2n) is 7.78. The maximum absolute atomic E-state index is 6.15. The lowest BCUT2D eigenvalue weighted by molar-refractivity contribution is -0.0754. The molecule has 0 aromatic rings. The molecule has 0 spiro atoms. The Morgan fingerprint density at radius 1 is 1.24 bits per heavy atom. The molecule has 0 bridgehead atoms. The van der Waals surface area contributed by atoms with Crippen LogP contribution in [0, 0.1) is 11.3 Å². The van der Waals surface area contributed by atoms with Crippen LogP contribution in [0.3, 0.4) is 0 Å². The highest BCUT2D eigenvalue weighted by Crippen LogP contribution is 2.45. The van der Waals surface area contributed by atoms with E-state index in [9.17, 15) is 0 Å². The number of ether oxygens (including phenoxy) is 1. The predicted molar refractivity (Wildman–Crippen MR) is 78.8 cm³/mol. The Kier molecular flexibility index (Phi) is 4.42. The molecule has 2 heteroatoms. The van der Waals surface area contributed by atoms with Crippen molar-refractivity contribution >= 4 is 15.9 Å². The van der Waals surface area contributed by atoms with Crippen LogP contribution in [0.15, 0.2) is 0 Å². The summed E-state index contributed by atoms with van der Waals surface area (Å²) in [6, 6.07) is 0. The van der Waals surface area contributed by atoms with E-state index in [1.165, 1.54) is 19.3 Å². The highest BCUT2D eigenvalue weighted by atomic mass is 79.9. The van der Waals surface area contributed by atoms with Crippen molar-refractivity contribution < 1.29 is 4.74 Å². The molecular weight excluding hydrogens is 276 g/mol. The van der Waals surface area contributed by atoms with Crippen molar-refractivity contribution in [2.24, 2.45) is 11.3 Å². The van der Waals surface area contributed by atoms with Crippen LogP contribution < -0.4 is 0 Å². The Labute approximate surface area is 116 Å². The Bertz CT molecular complexity index is 263. The van der Waals surface area contributed by atoms with Crippen molar-refractivity contribution in [2.75, 3.05) is 0 Å². The van der Waals surface area contributed by atoms with E-state index in [4.69, 9.17) is 4.74 Å². The molecule has 0 aromatic heterocycles. The molecule has 0 radical (unpaired) electrons. The molecule has 1 aliphatic heterocycles. The number of rotatable bonds is 3. The molecule has 1 aliphatic rings. The van der Waals surface area contributed by atoms with E-state index in [1.807, 2.05) is 0 Å².